The van der Waals surface area contributed by atoms with Gasteiger partial charge < -0.3 is 20.9 Å². The molecule has 0 aliphatic heterocycles. The minimum atomic E-state index is -0.684. The largest absolute Gasteiger partial charge is 0.491 e. The van der Waals surface area contributed by atoms with E-state index in [1.807, 2.05) is 52.0 Å². The number of aliphatic hydroxyl groups excluding tert-OH is 1. The van der Waals surface area contributed by atoms with Gasteiger partial charge in [-0.25, -0.2) is 0 Å². The zero-order chi connectivity index (χ0) is 15.2. The van der Waals surface area contributed by atoms with Gasteiger partial charge in [-0.1, -0.05) is 12.1 Å². The molecule has 0 aromatic heterocycles. The van der Waals surface area contributed by atoms with Crippen molar-refractivity contribution in [2.75, 3.05) is 13.2 Å². The third kappa shape index (κ3) is 9.52. The summed E-state index contributed by atoms with van der Waals surface area (Å²) >= 11 is 0. The van der Waals surface area contributed by atoms with Gasteiger partial charge in [0.25, 0.3) is 0 Å². The second kappa shape index (κ2) is 9.09. The monoisotopic (exact) mass is 407 g/mol. The highest BCUT2D eigenvalue weighted by Crippen LogP contribution is 2.12. The molecule has 0 amide bonds. The quantitative estimate of drug-likeness (QED) is 0.397. The van der Waals surface area contributed by atoms with Crippen molar-refractivity contribution in [2.24, 2.45) is 10.7 Å². The fraction of sp³-hybridized carbons (Fsp3) is 0.533. The number of ether oxygens (including phenoxy) is 1. The SMILES string of the molecule is Cc1cccc(OCC(O)CN=C(N)NC(C)(C)C)c1.I. The van der Waals surface area contributed by atoms with Crippen molar-refractivity contribution < 1.29 is 9.84 Å². The molecule has 0 bridgehead atoms. The zero-order valence-electron chi connectivity index (χ0n) is 13.1. The highest BCUT2D eigenvalue weighted by molar-refractivity contribution is 14.0. The molecule has 0 aliphatic rings. The molecule has 0 spiro atoms. The summed E-state index contributed by atoms with van der Waals surface area (Å²) < 4.78 is 5.50. The Kier molecular flexibility index (Phi) is 8.65. The van der Waals surface area contributed by atoms with Gasteiger partial charge >= 0.3 is 0 Å². The smallest absolute Gasteiger partial charge is 0.189 e. The number of hydrogen-bond donors (Lipinski definition) is 3. The van der Waals surface area contributed by atoms with Crippen molar-refractivity contribution in [1.29, 1.82) is 0 Å². The van der Waals surface area contributed by atoms with Crippen molar-refractivity contribution in [3.05, 3.63) is 29.8 Å². The lowest BCUT2D eigenvalue weighted by Gasteiger charge is -2.21. The number of hydrogen-bond acceptors (Lipinski definition) is 3. The van der Waals surface area contributed by atoms with Gasteiger partial charge in [-0.2, -0.15) is 0 Å². The van der Waals surface area contributed by atoms with Crippen LogP contribution in [0.4, 0.5) is 0 Å². The second-order valence-electron chi connectivity index (χ2n) is 5.88. The van der Waals surface area contributed by atoms with Gasteiger partial charge in [-0.15, -0.1) is 24.0 Å². The first-order valence-corrected chi connectivity index (χ1v) is 6.72. The Morgan fingerprint density at radius 2 is 2.10 bits per heavy atom. The van der Waals surface area contributed by atoms with Crippen LogP contribution in [0.15, 0.2) is 29.3 Å². The highest BCUT2D eigenvalue weighted by atomic mass is 127. The number of benzene rings is 1. The molecule has 120 valence electrons. The van der Waals surface area contributed by atoms with Crippen LogP contribution in [0, 0.1) is 6.92 Å². The lowest BCUT2D eigenvalue weighted by atomic mass is 10.1. The summed E-state index contributed by atoms with van der Waals surface area (Å²) in [6.45, 7) is 8.37. The number of rotatable bonds is 5. The van der Waals surface area contributed by atoms with E-state index in [1.165, 1.54) is 0 Å². The molecule has 1 unspecified atom stereocenters. The van der Waals surface area contributed by atoms with E-state index in [0.717, 1.165) is 11.3 Å². The molecule has 1 rings (SSSR count). The molecular weight excluding hydrogens is 381 g/mol. The van der Waals surface area contributed by atoms with Gasteiger partial charge in [-0.3, -0.25) is 4.99 Å². The Bertz CT molecular complexity index is 458. The average molecular weight is 407 g/mol. The predicted octanol–water partition coefficient (Wildman–Crippen LogP) is 2.06. The normalized spacial score (nSPS) is 13.3. The van der Waals surface area contributed by atoms with Crippen LogP contribution >= 0.6 is 24.0 Å². The van der Waals surface area contributed by atoms with E-state index in [0.29, 0.717) is 5.96 Å². The van der Waals surface area contributed by atoms with E-state index in [-0.39, 0.29) is 42.7 Å². The maximum absolute atomic E-state index is 9.81. The number of guanidine groups is 1. The van der Waals surface area contributed by atoms with Gasteiger partial charge in [0.2, 0.25) is 0 Å². The minimum Gasteiger partial charge on any atom is -0.491 e. The Labute approximate surface area is 144 Å². The number of halogens is 1. The van der Waals surface area contributed by atoms with Crippen LogP contribution in [0.5, 0.6) is 5.75 Å². The van der Waals surface area contributed by atoms with Gasteiger partial charge in [0.05, 0.1) is 6.54 Å². The zero-order valence-corrected chi connectivity index (χ0v) is 15.4. The molecule has 4 N–H and O–H groups in total. The van der Waals surface area contributed by atoms with Crippen LogP contribution in [-0.2, 0) is 0 Å². The molecule has 0 saturated carbocycles. The summed E-state index contributed by atoms with van der Waals surface area (Å²) in [5, 5.41) is 12.8. The molecule has 21 heavy (non-hydrogen) atoms. The first-order valence-electron chi connectivity index (χ1n) is 6.72. The highest BCUT2D eigenvalue weighted by Gasteiger charge is 2.10. The second-order valence-corrected chi connectivity index (χ2v) is 5.88. The van der Waals surface area contributed by atoms with Gasteiger partial charge in [-0.05, 0) is 45.4 Å². The summed E-state index contributed by atoms with van der Waals surface area (Å²) in [6, 6.07) is 7.69. The van der Waals surface area contributed by atoms with Crippen LogP contribution in [0.3, 0.4) is 0 Å². The molecule has 1 aromatic rings. The van der Waals surface area contributed by atoms with Gasteiger partial charge in [0, 0.05) is 5.54 Å². The van der Waals surface area contributed by atoms with E-state index < -0.39 is 6.10 Å². The fourth-order valence-electron chi connectivity index (χ4n) is 1.58. The summed E-state index contributed by atoms with van der Waals surface area (Å²) in [4.78, 5) is 4.09. The number of nitrogens with one attached hydrogen (secondary N) is 1. The average Bonchev–Trinajstić information content (AvgIpc) is 2.32. The van der Waals surface area contributed by atoms with Crippen LogP contribution in [-0.4, -0.2) is 35.9 Å². The van der Waals surface area contributed by atoms with Crippen molar-refractivity contribution in [2.45, 2.75) is 39.3 Å². The topological polar surface area (TPSA) is 79.9 Å². The first-order chi connectivity index (χ1) is 9.26. The van der Waals surface area contributed by atoms with Crippen molar-refractivity contribution in [1.82, 2.24) is 5.32 Å². The van der Waals surface area contributed by atoms with Crippen molar-refractivity contribution in [3.8, 4) is 5.75 Å². The molecule has 0 aliphatic carbocycles. The molecule has 1 atom stereocenters. The summed E-state index contributed by atoms with van der Waals surface area (Å²) in [5.41, 5.74) is 6.70. The van der Waals surface area contributed by atoms with Crippen molar-refractivity contribution >= 4 is 29.9 Å². The molecular formula is C15H26IN3O2. The summed E-state index contributed by atoms with van der Waals surface area (Å²) in [6.07, 6.45) is -0.684. The van der Waals surface area contributed by atoms with E-state index in [1.54, 1.807) is 0 Å². The molecule has 0 saturated heterocycles. The summed E-state index contributed by atoms with van der Waals surface area (Å²) in [5.74, 6) is 1.07. The first kappa shape index (κ1) is 20.0. The van der Waals surface area contributed by atoms with Crippen LogP contribution in [0.2, 0.25) is 0 Å². The van der Waals surface area contributed by atoms with E-state index in [4.69, 9.17) is 10.5 Å². The van der Waals surface area contributed by atoms with Crippen LogP contribution in [0.1, 0.15) is 26.3 Å². The predicted molar refractivity (Wildman–Crippen MR) is 97.5 cm³/mol. The lowest BCUT2D eigenvalue weighted by Crippen LogP contribution is -2.45. The number of aliphatic imine (C=N–C) groups is 1. The molecule has 5 nitrogen and oxygen atoms in total. The number of nitrogens with two attached hydrogens (primary N) is 1. The Hall–Kier alpha value is -1.02. The maximum Gasteiger partial charge on any atom is 0.189 e. The van der Waals surface area contributed by atoms with Gasteiger partial charge in [0.15, 0.2) is 5.96 Å². The standard InChI is InChI=1S/C15H25N3O2.HI/c1-11-6-5-7-13(8-11)20-10-12(19)9-17-14(16)18-15(2,3)4;/h5-8,12,19H,9-10H2,1-4H3,(H3,16,17,18);1H. The number of aryl methyl sites for hydroxylation is 1. The Morgan fingerprint density at radius 1 is 1.43 bits per heavy atom. The third-order valence-electron chi connectivity index (χ3n) is 2.41. The van der Waals surface area contributed by atoms with Crippen LogP contribution in [0.25, 0.3) is 0 Å². The molecule has 0 radical (unpaired) electrons. The van der Waals surface area contributed by atoms with E-state index in [9.17, 15) is 5.11 Å². The molecule has 0 fully saturated rings. The molecule has 0 heterocycles. The Morgan fingerprint density at radius 3 is 2.67 bits per heavy atom. The number of nitrogens with zero attached hydrogens (tertiary/aromatic N) is 1. The van der Waals surface area contributed by atoms with Crippen molar-refractivity contribution in [3.63, 3.8) is 0 Å². The number of aliphatic hydroxyl groups is 1. The van der Waals surface area contributed by atoms with Gasteiger partial charge in [0.1, 0.15) is 18.5 Å². The van der Waals surface area contributed by atoms with Crippen LogP contribution < -0.4 is 15.8 Å². The lowest BCUT2D eigenvalue weighted by molar-refractivity contribution is 0.114. The van der Waals surface area contributed by atoms with E-state index in [2.05, 4.69) is 10.3 Å². The Balaban J connectivity index is 0.00000400. The minimum absolute atomic E-state index is 0. The van der Waals surface area contributed by atoms with E-state index >= 15 is 0 Å². The fourth-order valence-corrected chi connectivity index (χ4v) is 1.58. The summed E-state index contributed by atoms with van der Waals surface area (Å²) in [7, 11) is 0. The maximum atomic E-state index is 9.81. The molecule has 6 heteroatoms. The third-order valence-corrected chi connectivity index (χ3v) is 2.41. The molecule has 1 aromatic carbocycles.